The van der Waals surface area contributed by atoms with Gasteiger partial charge in [0.2, 0.25) is 0 Å². The summed E-state index contributed by atoms with van der Waals surface area (Å²) >= 11 is 0. The van der Waals surface area contributed by atoms with E-state index in [-0.39, 0.29) is 12.2 Å². The minimum absolute atomic E-state index is 0.0145. The molecule has 0 aromatic heterocycles. The Bertz CT molecular complexity index is 463. The summed E-state index contributed by atoms with van der Waals surface area (Å²) in [6, 6.07) is 4.36. The van der Waals surface area contributed by atoms with Crippen LogP contribution in [-0.4, -0.2) is 28.9 Å². The van der Waals surface area contributed by atoms with Gasteiger partial charge in [0, 0.05) is 24.7 Å². The zero-order valence-corrected chi connectivity index (χ0v) is 10.1. The van der Waals surface area contributed by atoms with E-state index in [1.165, 1.54) is 19.1 Å². The van der Waals surface area contributed by atoms with Crippen LogP contribution in [0.4, 0.5) is 18.9 Å². The molecule has 0 saturated carbocycles. The van der Waals surface area contributed by atoms with Crippen molar-refractivity contribution in [2.24, 2.45) is 0 Å². The lowest BCUT2D eigenvalue weighted by molar-refractivity contribution is -0.385. The van der Waals surface area contributed by atoms with E-state index in [0.717, 1.165) is 0 Å². The smallest absolute Gasteiger partial charge is 0.382 e. The number of aliphatic hydroxyl groups is 1. The molecule has 0 spiro atoms. The van der Waals surface area contributed by atoms with E-state index in [9.17, 15) is 23.3 Å². The second-order valence-corrected chi connectivity index (χ2v) is 4.01. The van der Waals surface area contributed by atoms with Crippen LogP contribution in [0.15, 0.2) is 18.2 Å². The number of benzene rings is 1. The maximum Gasteiger partial charge on any atom is 0.415 e. The monoisotopic (exact) mass is 278 g/mol. The summed E-state index contributed by atoms with van der Waals surface area (Å²) in [4.78, 5) is 10.1. The van der Waals surface area contributed by atoms with Crippen LogP contribution in [0.3, 0.4) is 0 Å². The van der Waals surface area contributed by atoms with Gasteiger partial charge in [0.1, 0.15) is 0 Å². The number of nitro benzene ring substituents is 1. The van der Waals surface area contributed by atoms with Gasteiger partial charge < -0.3 is 10.4 Å². The summed E-state index contributed by atoms with van der Waals surface area (Å²) < 4.78 is 36.1. The number of alkyl halides is 3. The number of nitro groups is 1. The molecule has 19 heavy (non-hydrogen) atoms. The van der Waals surface area contributed by atoms with Crippen LogP contribution < -0.4 is 5.32 Å². The molecule has 0 fully saturated rings. The Morgan fingerprint density at radius 1 is 1.47 bits per heavy atom. The Hall–Kier alpha value is -1.67. The Morgan fingerprint density at radius 3 is 2.63 bits per heavy atom. The third-order valence-corrected chi connectivity index (χ3v) is 2.65. The first-order chi connectivity index (χ1) is 8.73. The minimum Gasteiger partial charge on any atom is -0.382 e. The molecular formula is C11H13F3N2O3. The molecule has 0 saturated heterocycles. The van der Waals surface area contributed by atoms with Gasteiger partial charge in [0.15, 0.2) is 6.10 Å². The van der Waals surface area contributed by atoms with Crippen LogP contribution >= 0.6 is 0 Å². The molecule has 2 N–H and O–H groups in total. The predicted molar refractivity (Wildman–Crippen MR) is 61.6 cm³/mol. The molecular weight excluding hydrogens is 265 g/mol. The molecule has 0 aliphatic carbocycles. The second-order valence-electron chi connectivity index (χ2n) is 4.01. The molecule has 106 valence electrons. The Balaban J connectivity index is 2.64. The van der Waals surface area contributed by atoms with Crippen molar-refractivity contribution in [2.45, 2.75) is 25.7 Å². The van der Waals surface area contributed by atoms with Crippen molar-refractivity contribution in [1.82, 2.24) is 5.32 Å². The zero-order valence-electron chi connectivity index (χ0n) is 10.1. The van der Waals surface area contributed by atoms with E-state index < -0.39 is 23.7 Å². The van der Waals surface area contributed by atoms with Crippen LogP contribution in [0.25, 0.3) is 0 Å². The third kappa shape index (κ3) is 4.18. The Morgan fingerprint density at radius 2 is 2.11 bits per heavy atom. The highest BCUT2D eigenvalue weighted by atomic mass is 19.4. The number of aliphatic hydroxyl groups excluding tert-OH is 1. The normalized spacial score (nSPS) is 13.3. The van der Waals surface area contributed by atoms with Crippen molar-refractivity contribution >= 4 is 5.69 Å². The van der Waals surface area contributed by atoms with E-state index in [0.29, 0.717) is 11.1 Å². The fourth-order valence-electron chi connectivity index (χ4n) is 1.52. The standard InChI is InChI=1S/C11H13F3N2O3/c1-7-8(3-2-4-9(7)16(18)19)5-15-6-10(17)11(12,13)14/h2-4,10,15,17H,5-6H2,1H3. The van der Waals surface area contributed by atoms with Gasteiger partial charge in [-0.1, -0.05) is 12.1 Å². The van der Waals surface area contributed by atoms with Gasteiger partial charge in [-0.25, -0.2) is 0 Å². The van der Waals surface area contributed by atoms with Crippen molar-refractivity contribution < 1.29 is 23.2 Å². The highest BCUT2D eigenvalue weighted by molar-refractivity contribution is 5.44. The van der Waals surface area contributed by atoms with Gasteiger partial charge >= 0.3 is 6.18 Å². The number of rotatable bonds is 5. The molecule has 0 amide bonds. The molecule has 1 unspecified atom stereocenters. The van der Waals surface area contributed by atoms with Gasteiger partial charge in [0.25, 0.3) is 5.69 Å². The van der Waals surface area contributed by atoms with Gasteiger partial charge in [-0.3, -0.25) is 10.1 Å². The summed E-state index contributed by atoms with van der Waals surface area (Å²) in [5.74, 6) is 0. The lowest BCUT2D eigenvalue weighted by atomic mass is 10.1. The number of nitrogens with zero attached hydrogens (tertiary/aromatic N) is 1. The molecule has 1 atom stereocenters. The fraction of sp³-hybridized carbons (Fsp3) is 0.455. The van der Waals surface area contributed by atoms with Crippen LogP contribution in [0, 0.1) is 17.0 Å². The van der Waals surface area contributed by atoms with Crippen LogP contribution in [0.5, 0.6) is 0 Å². The molecule has 0 radical (unpaired) electrons. The van der Waals surface area contributed by atoms with Crippen molar-refractivity contribution in [3.63, 3.8) is 0 Å². The number of halogens is 3. The lowest BCUT2D eigenvalue weighted by Gasteiger charge is -2.15. The van der Waals surface area contributed by atoms with Gasteiger partial charge in [-0.15, -0.1) is 0 Å². The molecule has 0 aliphatic heterocycles. The molecule has 0 bridgehead atoms. The average molecular weight is 278 g/mol. The SMILES string of the molecule is Cc1c(CNCC(O)C(F)(F)F)cccc1[N+](=O)[O-]. The van der Waals surface area contributed by atoms with Crippen LogP contribution in [0.1, 0.15) is 11.1 Å². The summed E-state index contributed by atoms with van der Waals surface area (Å²) in [6.07, 6.45) is -7.13. The Labute approximate surface area is 107 Å². The van der Waals surface area contributed by atoms with E-state index in [2.05, 4.69) is 5.32 Å². The summed E-state index contributed by atoms with van der Waals surface area (Å²) in [5.41, 5.74) is 0.820. The summed E-state index contributed by atoms with van der Waals surface area (Å²) in [6.45, 7) is 0.877. The number of hydrogen-bond donors (Lipinski definition) is 2. The zero-order chi connectivity index (χ0) is 14.6. The third-order valence-electron chi connectivity index (χ3n) is 2.65. The lowest BCUT2D eigenvalue weighted by Crippen LogP contribution is -2.38. The van der Waals surface area contributed by atoms with Gasteiger partial charge in [-0.2, -0.15) is 13.2 Å². The number of nitrogens with one attached hydrogen (secondary N) is 1. The molecule has 0 aliphatic rings. The summed E-state index contributed by atoms with van der Waals surface area (Å²) in [5, 5.41) is 21.9. The first-order valence-electron chi connectivity index (χ1n) is 5.42. The van der Waals surface area contributed by atoms with Crippen molar-refractivity contribution in [2.75, 3.05) is 6.54 Å². The predicted octanol–water partition coefficient (Wildman–Crippen LogP) is 1.92. The largest absolute Gasteiger partial charge is 0.415 e. The quantitative estimate of drug-likeness (QED) is 0.637. The maximum absolute atomic E-state index is 12.0. The molecule has 0 heterocycles. The van der Waals surface area contributed by atoms with E-state index >= 15 is 0 Å². The topological polar surface area (TPSA) is 75.4 Å². The fourth-order valence-corrected chi connectivity index (χ4v) is 1.52. The summed E-state index contributed by atoms with van der Waals surface area (Å²) in [7, 11) is 0. The van der Waals surface area contributed by atoms with Gasteiger partial charge in [0.05, 0.1) is 4.92 Å². The maximum atomic E-state index is 12.0. The van der Waals surface area contributed by atoms with Crippen LogP contribution in [-0.2, 0) is 6.54 Å². The minimum atomic E-state index is -4.68. The van der Waals surface area contributed by atoms with E-state index in [4.69, 9.17) is 5.11 Å². The van der Waals surface area contributed by atoms with Crippen molar-refractivity contribution in [3.8, 4) is 0 Å². The first kappa shape index (κ1) is 15.4. The Kier molecular flexibility index (Phi) is 4.84. The van der Waals surface area contributed by atoms with E-state index in [1.807, 2.05) is 0 Å². The molecule has 1 rings (SSSR count). The highest BCUT2D eigenvalue weighted by Gasteiger charge is 2.37. The first-order valence-corrected chi connectivity index (χ1v) is 5.42. The molecule has 1 aromatic rings. The molecule has 5 nitrogen and oxygen atoms in total. The number of hydrogen-bond acceptors (Lipinski definition) is 4. The molecule has 8 heteroatoms. The van der Waals surface area contributed by atoms with Crippen molar-refractivity contribution in [1.29, 1.82) is 0 Å². The van der Waals surface area contributed by atoms with E-state index in [1.54, 1.807) is 6.07 Å². The van der Waals surface area contributed by atoms with Gasteiger partial charge in [-0.05, 0) is 12.5 Å². The van der Waals surface area contributed by atoms with Crippen LogP contribution in [0.2, 0.25) is 0 Å². The highest BCUT2D eigenvalue weighted by Crippen LogP contribution is 2.22. The van der Waals surface area contributed by atoms with Crippen molar-refractivity contribution in [3.05, 3.63) is 39.4 Å². The second kappa shape index (κ2) is 5.98. The molecule has 1 aromatic carbocycles. The average Bonchev–Trinajstić information content (AvgIpc) is 2.29.